The Kier molecular flexibility index (Phi) is 8.26. The van der Waals surface area contributed by atoms with E-state index in [0.717, 1.165) is 19.0 Å². The summed E-state index contributed by atoms with van der Waals surface area (Å²) < 4.78 is 0. The van der Waals surface area contributed by atoms with E-state index >= 15 is 0 Å². The highest BCUT2D eigenvalue weighted by Gasteiger charge is 2.10. The molecule has 0 aliphatic carbocycles. The minimum atomic E-state index is 0.373. The first kappa shape index (κ1) is 16.6. The molecule has 4 heteroatoms. The zero-order valence-corrected chi connectivity index (χ0v) is 13.4. The minimum Gasteiger partial charge on any atom is -0.330 e. The topological polar surface area (TPSA) is 50.9 Å². The number of nitrogens with one attached hydrogen (secondary N) is 1. The lowest BCUT2D eigenvalue weighted by atomic mass is 9.94. The van der Waals surface area contributed by atoms with Crippen LogP contribution in [-0.4, -0.2) is 18.1 Å². The summed E-state index contributed by atoms with van der Waals surface area (Å²) >= 11 is 1.79. The summed E-state index contributed by atoms with van der Waals surface area (Å²) in [7, 11) is 0. The quantitative estimate of drug-likeness (QED) is 0.644. The lowest BCUT2D eigenvalue weighted by Crippen LogP contribution is -2.20. The number of nitrogens with zero attached hydrogens (tertiary/aromatic N) is 1. The molecule has 110 valence electrons. The molecule has 1 aromatic heterocycles. The third-order valence-electron chi connectivity index (χ3n) is 3.52. The van der Waals surface area contributed by atoms with Gasteiger partial charge < -0.3 is 11.1 Å². The van der Waals surface area contributed by atoms with Gasteiger partial charge in [-0.3, -0.25) is 0 Å². The Balaban J connectivity index is 2.18. The fourth-order valence-electron chi connectivity index (χ4n) is 2.45. The van der Waals surface area contributed by atoms with Gasteiger partial charge in [0, 0.05) is 11.1 Å². The van der Waals surface area contributed by atoms with Crippen LogP contribution in [-0.2, 0) is 0 Å². The van der Waals surface area contributed by atoms with Gasteiger partial charge in [-0.15, -0.1) is 11.3 Å². The van der Waals surface area contributed by atoms with Crippen molar-refractivity contribution in [3.8, 4) is 0 Å². The van der Waals surface area contributed by atoms with Crippen LogP contribution in [0.25, 0.3) is 0 Å². The van der Waals surface area contributed by atoms with Crippen LogP contribution >= 0.6 is 11.3 Å². The highest BCUT2D eigenvalue weighted by molar-refractivity contribution is 7.11. The van der Waals surface area contributed by atoms with Crippen LogP contribution in [0.1, 0.15) is 61.9 Å². The van der Waals surface area contributed by atoms with Gasteiger partial charge in [-0.1, -0.05) is 19.8 Å². The molecule has 0 bridgehead atoms. The van der Waals surface area contributed by atoms with Crippen LogP contribution < -0.4 is 11.1 Å². The normalized spacial score (nSPS) is 14.5. The first-order valence-corrected chi connectivity index (χ1v) is 8.34. The Bertz CT molecular complexity index is 332. The van der Waals surface area contributed by atoms with Gasteiger partial charge in [0.1, 0.15) is 5.01 Å². The Hall–Kier alpha value is -0.450. The van der Waals surface area contributed by atoms with Gasteiger partial charge in [0.15, 0.2) is 0 Å². The number of aromatic nitrogens is 1. The molecule has 0 saturated carbocycles. The molecule has 0 aliphatic heterocycles. The molecule has 0 spiro atoms. The maximum Gasteiger partial charge on any atom is 0.109 e. The molecule has 1 heterocycles. The standard InChI is InChI=1S/C15H29N3S/c1-4-6-14(8-9-16)7-5-10-17-13(3)15-18-11-12(2)19-15/h11,13-14,17H,4-10,16H2,1-3H3. The Labute approximate surface area is 122 Å². The average molecular weight is 283 g/mol. The second kappa shape index (κ2) is 9.45. The van der Waals surface area contributed by atoms with Crippen LogP contribution in [0.3, 0.4) is 0 Å². The second-order valence-corrected chi connectivity index (χ2v) is 6.63. The van der Waals surface area contributed by atoms with E-state index in [4.69, 9.17) is 5.73 Å². The van der Waals surface area contributed by atoms with E-state index in [-0.39, 0.29) is 0 Å². The van der Waals surface area contributed by atoms with E-state index < -0.39 is 0 Å². The summed E-state index contributed by atoms with van der Waals surface area (Å²) in [6.45, 7) is 8.46. The molecule has 19 heavy (non-hydrogen) atoms. The van der Waals surface area contributed by atoms with Crippen LogP contribution in [0.15, 0.2) is 6.20 Å². The third-order valence-corrected chi connectivity index (χ3v) is 4.62. The van der Waals surface area contributed by atoms with Crippen LogP contribution in [0.2, 0.25) is 0 Å². The smallest absolute Gasteiger partial charge is 0.109 e. The molecule has 3 nitrogen and oxygen atoms in total. The van der Waals surface area contributed by atoms with Crippen molar-refractivity contribution in [3.63, 3.8) is 0 Å². The van der Waals surface area contributed by atoms with Gasteiger partial charge in [0.05, 0.1) is 6.04 Å². The van der Waals surface area contributed by atoms with Crippen molar-refractivity contribution >= 4 is 11.3 Å². The minimum absolute atomic E-state index is 0.373. The summed E-state index contributed by atoms with van der Waals surface area (Å²) in [6, 6.07) is 0.373. The molecule has 0 saturated heterocycles. The van der Waals surface area contributed by atoms with Crippen LogP contribution in [0.5, 0.6) is 0 Å². The van der Waals surface area contributed by atoms with E-state index in [1.54, 1.807) is 11.3 Å². The van der Waals surface area contributed by atoms with Gasteiger partial charge >= 0.3 is 0 Å². The molecule has 0 amide bonds. The molecule has 0 fully saturated rings. The van der Waals surface area contributed by atoms with Crippen molar-refractivity contribution in [3.05, 3.63) is 16.1 Å². The van der Waals surface area contributed by atoms with Crippen molar-refractivity contribution in [2.45, 2.75) is 58.9 Å². The van der Waals surface area contributed by atoms with Crippen molar-refractivity contribution in [1.82, 2.24) is 10.3 Å². The lowest BCUT2D eigenvalue weighted by Gasteiger charge is -2.16. The fourth-order valence-corrected chi connectivity index (χ4v) is 3.25. The monoisotopic (exact) mass is 283 g/mol. The van der Waals surface area contributed by atoms with E-state index in [2.05, 4.69) is 31.1 Å². The van der Waals surface area contributed by atoms with Gasteiger partial charge in [-0.2, -0.15) is 0 Å². The van der Waals surface area contributed by atoms with Gasteiger partial charge in [0.2, 0.25) is 0 Å². The number of aryl methyl sites for hydroxylation is 1. The highest BCUT2D eigenvalue weighted by atomic mass is 32.1. The maximum absolute atomic E-state index is 5.67. The Morgan fingerprint density at radius 2 is 2.16 bits per heavy atom. The van der Waals surface area contributed by atoms with Crippen molar-refractivity contribution in [2.75, 3.05) is 13.1 Å². The zero-order valence-electron chi connectivity index (χ0n) is 12.6. The van der Waals surface area contributed by atoms with Crippen molar-refractivity contribution in [2.24, 2.45) is 11.7 Å². The molecular weight excluding hydrogens is 254 g/mol. The van der Waals surface area contributed by atoms with E-state index in [1.165, 1.54) is 42.0 Å². The summed E-state index contributed by atoms with van der Waals surface area (Å²) in [6.07, 6.45) is 8.25. The molecule has 2 atom stereocenters. The molecule has 2 unspecified atom stereocenters. The number of rotatable bonds is 10. The molecular formula is C15H29N3S. The SMILES string of the molecule is CCCC(CCN)CCCNC(C)c1ncc(C)s1. The largest absolute Gasteiger partial charge is 0.330 e. The average Bonchev–Trinajstić information content (AvgIpc) is 2.81. The van der Waals surface area contributed by atoms with Crippen molar-refractivity contribution in [1.29, 1.82) is 0 Å². The predicted octanol–water partition coefficient (Wildman–Crippen LogP) is 3.65. The number of nitrogens with two attached hydrogens (primary N) is 1. The number of thiazole rings is 1. The zero-order chi connectivity index (χ0) is 14.1. The van der Waals surface area contributed by atoms with E-state index in [1.807, 2.05) is 6.20 Å². The first-order valence-electron chi connectivity index (χ1n) is 7.53. The number of hydrogen-bond acceptors (Lipinski definition) is 4. The summed E-state index contributed by atoms with van der Waals surface area (Å²) in [5, 5.41) is 4.77. The van der Waals surface area contributed by atoms with Crippen molar-refractivity contribution < 1.29 is 0 Å². The summed E-state index contributed by atoms with van der Waals surface area (Å²) in [5.74, 6) is 0.814. The van der Waals surface area contributed by atoms with Gasteiger partial charge in [0.25, 0.3) is 0 Å². The summed E-state index contributed by atoms with van der Waals surface area (Å²) in [5.41, 5.74) is 5.67. The van der Waals surface area contributed by atoms with E-state index in [9.17, 15) is 0 Å². The van der Waals surface area contributed by atoms with Gasteiger partial charge in [-0.25, -0.2) is 4.98 Å². The third kappa shape index (κ3) is 6.50. The van der Waals surface area contributed by atoms with Crippen LogP contribution in [0.4, 0.5) is 0 Å². The Morgan fingerprint density at radius 1 is 1.37 bits per heavy atom. The lowest BCUT2D eigenvalue weighted by molar-refractivity contribution is 0.398. The van der Waals surface area contributed by atoms with Gasteiger partial charge in [-0.05, 0) is 52.1 Å². The first-order chi connectivity index (χ1) is 9.17. The number of hydrogen-bond donors (Lipinski definition) is 2. The predicted molar refractivity (Wildman–Crippen MR) is 84.6 cm³/mol. The molecule has 1 aromatic rings. The second-order valence-electron chi connectivity index (χ2n) is 5.36. The van der Waals surface area contributed by atoms with Crippen LogP contribution in [0, 0.1) is 12.8 Å². The fraction of sp³-hybridized carbons (Fsp3) is 0.800. The molecule has 0 aromatic carbocycles. The van der Waals surface area contributed by atoms with E-state index in [0.29, 0.717) is 6.04 Å². The Morgan fingerprint density at radius 3 is 2.74 bits per heavy atom. The maximum atomic E-state index is 5.67. The highest BCUT2D eigenvalue weighted by Crippen LogP contribution is 2.20. The molecule has 1 rings (SSSR count). The molecule has 3 N–H and O–H groups in total. The molecule has 0 aliphatic rings. The summed E-state index contributed by atoms with van der Waals surface area (Å²) in [4.78, 5) is 5.71. The molecule has 0 radical (unpaired) electrons.